The molecule has 0 saturated heterocycles. The molecule has 2 aromatic carbocycles. The predicted octanol–water partition coefficient (Wildman–Crippen LogP) is 3.11. The number of benzene rings is 2. The summed E-state index contributed by atoms with van der Waals surface area (Å²) < 4.78 is 0. The molecule has 0 radical (unpaired) electrons. The second-order valence-corrected chi connectivity index (χ2v) is 6.25. The maximum atomic E-state index is 10.9. The number of nitrogens with two attached hydrogens (primary N) is 3. The number of carboxylic acids is 1. The van der Waals surface area contributed by atoms with Crippen LogP contribution in [0.5, 0.6) is 0 Å². The van der Waals surface area contributed by atoms with Gasteiger partial charge in [0.2, 0.25) is 0 Å². The molecule has 25 heavy (non-hydrogen) atoms. The topological polar surface area (TPSA) is 127 Å². The maximum Gasteiger partial charge on any atom is 0.354 e. The molecule has 0 aliphatic carbocycles. The van der Waals surface area contributed by atoms with Gasteiger partial charge in [0, 0.05) is 9.79 Å². The van der Waals surface area contributed by atoms with E-state index in [0.29, 0.717) is 0 Å². The molecule has 2 rings (SSSR count). The summed E-state index contributed by atoms with van der Waals surface area (Å²) >= 11 is 2.36. The zero-order valence-corrected chi connectivity index (χ0v) is 15.7. The zero-order valence-electron chi connectivity index (χ0n) is 14.0. The van der Waals surface area contributed by atoms with Crippen molar-refractivity contribution in [1.29, 1.82) is 0 Å². The molecule has 0 aromatic heterocycles. The van der Waals surface area contributed by atoms with Gasteiger partial charge in [0.25, 0.3) is 0 Å². The Bertz CT molecular complexity index is 716. The number of rotatable bonds is 6. The molecule has 134 valence electrons. The second-order valence-electron chi connectivity index (χ2n) is 4.46. The molecule has 0 atom stereocenters. The minimum Gasteiger partial charge on any atom is -0.477 e. The van der Waals surface area contributed by atoms with Crippen molar-refractivity contribution in [2.45, 2.75) is 23.6 Å². The second kappa shape index (κ2) is 10.7. The molecule has 0 unspecified atom stereocenters. The van der Waals surface area contributed by atoms with E-state index in [0.717, 1.165) is 32.7 Å². The van der Waals surface area contributed by atoms with Gasteiger partial charge < -0.3 is 16.3 Å². The van der Waals surface area contributed by atoms with E-state index in [4.69, 9.17) is 21.8 Å². The van der Waals surface area contributed by atoms with Crippen LogP contribution in [0.15, 0.2) is 69.0 Å². The van der Waals surface area contributed by atoms with Crippen LogP contribution in [0.3, 0.4) is 0 Å². The third kappa shape index (κ3) is 6.02. The van der Waals surface area contributed by atoms with Gasteiger partial charge in [-0.1, -0.05) is 49.9 Å². The van der Waals surface area contributed by atoms with Crippen LogP contribution >= 0.6 is 23.7 Å². The van der Waals surface area contributed by atoms with Crippen molar-refractivity contribution >= 4 is 29.7 Å². The van der Waals surface area contributed by atoms with Crippen LogP contribution in [0.1, 0.15) is 13.8 Å². The third-order valence-electron chi connectivity index (χ3n) is 3.00. The first-order chi connectivity index (χ1) is 12.0. The number of hydrogen-bond acceptors (Lipinski definition) is 7. The molecule has 6 nitrogen and oxygen atoms in total. The van der Waals surface area contributed by atoms with Crippen molar-refractivity contribution in [1.82, 2.24) is 5.43 Å². The van der Waals surface area contributed by atoms with Crippen molar-refractivity contribution in [2.24, 2.45) is 16.7 Å². The van der Waals surface area contributed by atoms with Crippen molar-refractivity contribution in [2.75, 3.05) is 0 Å². The quantitative estimate of drug-likeness (QED) is 0.171. The Balaban J connectivity index is 0.00000151. The Morgan fingerprint density at radius 3 is 1.76 bits per heavy atom. The number of carbonyl (C=O) groups is 1. The number of hydrogen-bond donors (Lipinski definition) is 5. The van der Waals surface area contributed by atoms with Gasteiger partial charge in [-0.25, -0.2) is 10.6 Å². The lowest BCUT2D eigenvalue weighted by molar-refractivity contribution is -0.132. The molecule has 0 aliphatic heterocycles. The fourth-order valence-corrected chi connectivity index (χ4v) is 2.88. The Hall–Kier alpha value is -2.13. The molecule has 0 spiro atoms. The lowest BCUT2D eigenvalue weighted by Crippen LogP contribution is -2.26. The highest BCUT2D eigenvalue weighted by molar-refractivity contribution is 8.03. The fourth-order valence-electron chi connectivity index (χ4n) is 1.82. The molecule has 8 N–H and O–H groups in total. The van der Waals surface area contributed by atoms with E-state index in [2.05, 4.69) is 5.43 Å². The lowest BCUT2D eigenvalue weighted by Gasteiger charge is -2.09. The molecule has 8 heteroatoms. The van der Waals surface area contributed by atoms with E-state index in [1.165, 1.54) is 11.9 Å². The molecular weight excluding hydrogens is 356 g/mol. The van der Waals surface area contributed by atoms with E-state index in [9.17, 15) is 4.79 Å². The van der Waals surface area contributed by atoms with E-state index < -0.39 is 5.97 Å². The van der Waals surface area contributed by atoms with Gasteiger partial charge in [-0.05, 0) is 47.3 Å². The van der Waals surface area contributed by atoms with Crippen LogP contribution in [0, 0.1) is 0 Å². The Morgan fingerprint density at radius 1 is 0.960 bits per heavy atom. The van der Waals surface area contributed by atoms with Crippen LogP contribution in [0.25, 0.3) is 11.1 Å². The largest absolute Gasteiger partial charge is 0.477 e. The molecule has 0 bridgehead atoms. The average Bonchev–Trinajstić information content (AvgIpc) is 2.67. The minimum absolute atomic E-state index is 0.189. The summed E-state index contributed by atoms with van der Waals surface area (Å²) in [6, 6.07) is 15.5. The lowest BCUT2D eigenvalue weighted by atomic mass is 10.1. The minimum atomic E-state index is -1.22. The Kier molecular flexibility index (Phi) is 8.93. The van der Waals surface area contributed by atoms with E-state index >= 15 is 0 Å². The van der Waals surface area contributed by atoms with E-state index in [1.54, 1.807) is 0 Å². The van der Waals surface area contributed by atoms with Crippen LogP contribution in [-0.4, -0.2) is 11.1 Å². The fraction of sp³-hybridized carbons (Fsp3) is 0.118. The van der Waals surface area contributed by atoms with Gasteiger partial charge in [-0.3, -0.25) is 5.14 Å². The average molecular weight is 379 g/mol. The number of hydrazine groups is 1. The van der Waals surface area contributed by atoms with Crippen LogP contribution in [0.2, 0.25) is 0 Å². The van der Waals surface area contributed by atoms with Crippen molar-refractivity contribution in [3.05, 3.63) is 59.3 Å². The Labute approximate surface area is 156 Å². The predicted molar refractivity (Wildman–Crippen MR) is 105 cm³/mol. The number of carboxylic acid groups (broad SMARTS) is 1. The third-order valence-corrected chi connectivity index (χ3v) is 4.60. The standard InChI is InChI=1S/C15H16N4O2S2.C2H6/c16-13(15(20)21)14(19-17)22-11-5-1-9(2-6-11)10-3-7-12(23-18)8-4-10;1-2/h1-8,19H,16-18H2,(H,20,21);1-2H3/b14-13+;. The van der Waals surface area contributed by atoms with E-state index in [-0.39, 0.29) is 10.7 Å². The molecule has 0 amide bonds. The number of thioether (sulfide) groups is 1. The van der Waals surface area contributed by atoms with Gasteiger partial charge >= 0.3 is 5.97 Å². The highest BCUT2D eigenvalue weighted by Gasteiger charge is 2.11. The van der Waals surface area contributed by atoms with Gasteiger partial charge in [-0.2, -0.15) is 0 Å². The summed E-state index contributed by atoms with van der Waals surface area (Å²) in [6.45, 7) is 4.00. The van der Waals surface area contributed by atoms with Crippen molar-refractivity contribution in [3.8, 4) is 11.1 Å². The maximum absolute atomic E-state index is 10.9. The van der Waals surface area contributed by atoms with Crippen molar-refractivity contribution in [3.63, 3.8) is 0 Å². The summed E-state index contributed by atoms with van der Waals surface area (Å²) in [7, 11) is 0. The smallest absolute Gasteiger partial charge is 0.354 e. The summed E-state index contributed by atoms with van der Waals surface area (Å²) in [5, 5.41) is 14.6. The van der Waals surface area contributed by atoms with Gasteiger partial charge in [0.05, 0.1) is 0 Å². The molecule has 0 saturated carbocycles. The normalized spacial score (nSPS) is 11.0. The first-order valence-corrected chi connectivity index (χ1v) is 9.19. The van der Waals surface area contributed by atoms with Crippen LogP contribution < -0.4 is 22.1 Å². The highest BCUT2D eigenvalue weighted by atomic mass is 32.2. The summed E-state index contributed by atoms with van der Waals surface area (Å²) in [5.74, 6) is 4.10. The first kappa shape index (κ1) is 20.9. The molecule has 2 aromatic rings. The molecule has 0 heterocycles. The SMILES string of the molecule is CC.NN/C(Sc1ccc(-c2ccc(SN)cc2)cc1)=C(\N)C(=O)O. The Morgan fingerprint density at radius 2 is 1.40 bits per heavy atom. The molecule has 0 fully saturated rings. The van der Waals surface area contributed by atoms with Gasteiger partial charge in [0.1, 0.15) is 10.7 Å². The monoisotopic (exact) mass is 378 g/mol. The van der Waals surface area contributed by atoms with Crippen LogP contribution in [-0.2, 0) is 4.79 Å². The van der Waals surface area contributed by atoms with Gasteiger partial charge in [-0.15, -0.1) is 0 Å². The number of nitrogens with one attached hydrogen (secondary N) is 1. The summed E-state index contributed by atoms with van der Waals surface area (Å²) in [5.41, 5.74) is 9.57. The molecular formula is C17H22N4O2S2. The number of aliphatic carboxylic acids is 1. The molecule has 0 aliphatic rings. The van der Waals surface area contributed by atoms with Crippen LogP contribution in [0.4, 0.5) is 0 Å². The summed E-state index contributed by atoms with van der Waals surface area (Å²) in [4.78, 5) is 12.7. The highest BCUT2D eigenvalue weighted by Crippen LogP contribution is 2.29. The zero-order chi connectivity index (χ0) is 18.8. The van der Waals surface area contributed by atoms with E-state index in [1.807, 2.05) is 62.4 Å². The summed E-state index contributed by atoms with van der Waals surface area (Å²) in [6.07, 6.45) is 0. The first-order valence-electron chi connectivity index (χ1n) is 7.50. The van der Waals surface area contributed by atoms with Gasteiger partial charge in [0.15, 0.2) is 0 Å². The van der Waals surface area contributed by atoms with Crippen molar-refractivity contribution < 1.29 is 9.90 Å².